The average Bonchev–Trinajstić information content (AvgIpc) is 2.55. The Kier molecular flexibility index (Phi) is 5.63. The summed E-state index contributed by atoms with van der Waals surface area (Å²) in [7, 11) is 1.58. The van der Waals surface area contributed by atoms with Crippen molar-refractivity contribution in [2.24, 2.45) is 0 Å². The van der Waals surface area contributed by atoms with Crippen molar-refractivity contribution in [1.29, 1.82) is 0 Å². The van der Waals surface area contributed by atoms with Crippen LogP contribution in [0.2, 0.25) is 0 Å². The van der Waals surface area contributed by atoms with Crippen LogP contribution >= 0.6 is 0 Å². The Bertz CT molecular complexity index is 680. The Balaban J connectivity index is 2.20. The van der Waals surface area contributed by atoms with Gasteiger partial charge >= 0.3 is 0 Å². The molecule has 0 saturated carbocycles. The van der Waals surface area contributed by atoms with E-state index in [0.29, 0.717) is 29.6 Å². The molecule has 2 aromatic rings. The third kappa shape index (κ3) is 4.25. The van der Waals surface area contributed by atoms with Gasteiger partial charge in [-0.3, -0.25) is 4.79 Å². The number of ether oxygens (including phenoxy) is 2. The zero-order valence-electron chi connectivity index (χ0n) is 14.1. The second kappa shape index (κ2) is 7.68. The lowest BCUT2D eigenvalue weighted by molar-refractivity contribution is 0.102. The molecule has 0 bridgehead atoms. The Morgan fingerprint density at radius 3 is 2.57 bits per heavy atom. The summed E-state index contributed by atoms with van der Waals surface area (Å²) < 4.78 is 10.8. The maximum Gasteiger partial charge on any atom is 0.255 e. The predicted octanol–water partition coefficient (Wildman–Crippen LogP) is 4.47. The summed E-state index contributed by atoms with van der Waals surface area (Å²) in [6.45, 7) is 6.65. The van der Waals surface area contributed by atoms with E-state index < -0.39 is 0 Å². The summed E-state index contributed by atoms with van der Waals surface area (Å²) >= 11 is 0. The van der Waals surface area contributed by atoms with Gasteiger partial charge in [0, 0.05) is 11.3 Å². The van der Waals surface area contributed by atoms with Gasteiger partial charge in [-0.1, -0.05) is 26.0 Å². The Morgan fingerprint density at radius 2 is 1.91 bits per heavy atom. The lowest BCUT2D eigenvalue weighted by atomic mass is 10.0. The van der Waals surface area contributed by atoms with Crippen molar-refractivity contribution in [2.45, 2.75) is 26.7 Å². The fourth-order valence-corrected chi connectivity index (χ4v) is 2.27. The van der Waals surface area contributed by atoms with E-state index in [-0.39, 0.29) is 5.91 Å². The summed E-state index contributed by atoms with van der Waals surface area (Å²) in [6, 6.07) is 13.1. The monoisotopic (exact) mass is 313 g/mol. The van der Waals surface area contributed by atoms with Crippen LogP contribution in [0.5, 0.6) is 11.5 Å². The van der Waals surface area contributed by atoms with Crippen LogP contribution in [0.3, 0.4) is 0 Å². The van der Waals surface area contributed by atoms with Crippen molar-refractivity contribution in [2.75, 3.05) is 19.0 Å². The van der Waals surface area contributed by atoms with Crippen molar-refractivity contribution < 1.29 is 14.3 Å². The highest BCUT2D eigenvalue weighted by Gasteiger charge is 2.12. The molecule has 0 fully saturated rings. The van der Waals surface area contributed by atoms with Gasteiger partial charge in [0.25, 0.3) is 5.91 Å². The highest BCUT2D eigenvalue weighted by atomic mass is 16.5. The zero-order chi connectivity index (χ0) is 16.8. The maximum atomic E-state index is 12.4. The summed E-state index contributed by atoms with van der Waals surface area (Å²) in [5.41, 5.74) is 2.51. The predicted molar refractivity (Wildman–Crippen MR) is 92.6 cm³/mol. The maximum absolute atomic E-state index is 12.4. The summed E-state index contributed by atoms with van der Waals surface area (Å²) in [4.78, 5) is 12.4. The molecular formula is C19H23NO3. The van der Waals surface area contributed by atoms with E-state index in [1.54, 1.807) is 25.3 Å². The van der Waals surface area contributed by atoms with E-state index in [0.717, 1.165) is 5.69 Å². The number of carbonyl (C=O) groups is 1. The van der Waals surface area contributed by atoms with E-state index in [2.05, 4.69) is 25.2 Å². The first-order valence-corrected chi connectivity index (χ1v) is 7.77. The smallest absolute Gasteiger partial charge is 0.255 e. The Labute approximate surface area is 137 Å². The molecule has 2 aromatic carbocycles. The molecule has 23 heavy (non-hydrogen) atoms. The fraction of sp³-hybridized carbons (Fsp3) is 0.316. The third-order valence-electron chi connectivity index (χ3n) is 3.54. The molecule has 122 valence electrons. The molecule has 4 heteroatoms. The second-order valence-electron chi connectivity index (χ2n) is 5.53. The second-order valence-corrected chi connectivity index (χ2v) is 5.53. The van der Waals surface area contributed by atoms with E-state index in [1.807, 2.05) is 25.1 Å². The molecule has 0 aliphatic carbocycles. The minimum atomic E-state index is -0.172. The number of hydrogen-bond donors (Lipinski definition) is 1. The molecule has 0 aromatic heterocycles. The molecule has 0 spiro atoms. The number of carbonyl (C=O) groups excluding carboxylic acids is 1. The minimum Gasteiger partial charge on any atom is -0.493 e. The molecule has 0 aliphatic heterocycles. The van der Waals surface area contributed by atoms with Crippen molar-refractivity contribution in [3.05, 3.63) is 53.6 Å². The van der Waals surface area contributed by atoms with E-state index in [9.17, 15) is 4.79 Å². The normalized spacial score (nSPS) is 10.5. The van der Waals surface area contributed by atoms with Crippen LogP contribution in [0, 0.1) is 0 Å². The first kappa shape index (κ1) is 16.9. The van der Waals surface area contributed by atoms with Gasteiger partial charge in [0.2, 0.25) is 0 Å². The van der Waals surface area contributed by atoms with Gasteiger partial charge in [0.15, 0.2) is 11.5 Å². The lowest BCUT2D eigenvalue weighted by Gasteiger charge is -2.12. The summed E-state index contributed by atoms with van der Waals surface area (Å²) in [5, 5.41) is 2.92. The number of amides is 1. The van der Waals surface area contributed by atoms with Crippen LogP contribution in [0.1, 0.15) is 42.6 Å². The van der Waals surface area contributed by atoms with E-state index in [1.165, 1.54) is 5.56 Å². The lowest BCUT2D eigenvalue weighted by Crippen LogP contribution is -2.12. The molecular weight excluding hydrogens is 290 g/mol. The highest BCUT2D eigenvalue weighted by molar-refractivity contribution is 6.04. The Morgan fingerprint density at radius 1 is 1.13 bits per heavy atom. The van der Waals surface area contributed by atoms with Crippen LogP contribution in [0.4, 0.5) is 5.69 Å². The molecule has 1 amide bonds. The van der Waals surface area contributed by atoms with Gasteiger partial charge < -0.3 is 14.8 Å². The standard InChI is InChI=1S/C19H23NO3/c1-5-23-18-12-15(9-10-17(18)22-4)19(21)20-16-8-6-7-14(11-16)13(2)3/h6-13H,5H2,1-4H3,(H,20,21). The third-order valence-corrected chi connectivity index (χ3v) is 3.54. The number of anilines is 1. The zero-order valence-corrected chi connectivity index (χ0v) is 14.1. The minimum absolute atomic E-state index is 0.172. The molecule has 0 unspecified atom stereocenters. The fourth-order valence-electron chi connectivity index (χ4n) is 2.27. The van der Waals surface area contributed by atoms with Crippen molar-refractivity contribution in [3.63, 3.8) is 0 Å². The molecule has 0 radical (unpaired) electrons. The summed E-state index contributed by atoms with van der Waals surface area (Å²) in [5.74, 6) is 1.43. The van der Waals surface area contributed by atoms with Crippen LogP contribution in [-0.2, 0) is 0 Å². The number of hydrogen-bond acceptors (Lipinski definition) is 3. The number of benzene rings is 2. The first-order chi connectivity index (χ1) is 11.0. The molecule has 1 N–H and O–H groups in total. The molecule has 0 atom stereocenters. The van der Waals surface area contributed by atoms with E-state index in [4.69, 9.17) is 9.47 Å². The topological polar surface area (TPSA) is 47.6 Å². The Hall–Kier alpha value is -2.49. The largest absolute Gasteiger partial charge is 0.493 e. The van der Waals surface area contributed by atoms with Gasteiger partial charge in [-0.25, -0.2) is 0 Å². The van der Waals surface area contributed by atoms with Gasteiger partial charge in [-0.05, 0) is 48.7 Å². The van der Waals surface area contributed by atoms with Gasteiger partial charge in [0.05, 0.1) is 13.7 Å². The van der Waals surface area contributed by atoms with Crippen molar-refractivity contribution in [3.8, 4) is 11.5 Å². The first-order valence-electron chi connectivity index (χ1n) is 7.77. The van der Waals surface area contributed by atoms with Gasteiger partial charge in [0.1, 0.15) is 0 Å². The molecule has 2 rings (SSSR count). The SMILES string of the molecule is CCOc1cc(C(=O)Nc2cccc(C(C)C)c2)ccc1OC. The quantitative estimate of drug-likeness (QED) is 0.856. The average molecular weight is 313 g/mol. The van der Waals surface area contributed by atoms with Crippen LogP contribution in [-0.4, -0.2) is 19.6 Å². The molecule has 0 saturated heterocycles. The van der Waals surface area contributed by atoms with Crippen molar-refractivity contribution >= 4 is 11.6 Å². The van der Waals surface area contributed by atoms with Crippen LogP contribution in [0.15, 0.2) is 42.5 Å². The highest BCUT2D eigenvalue weighted by Crippen LogP contribution is 2.28. The number of rotatable bonds is 6. The number of nitrogens with one attached hydrogen (secondary N) is 1. The van der Waals surface area contributed by atoms with Crippen molar-refractivity contribution in [1.82, 2.24) is 0 Å². The molecule has 0 heterocycles. The number of methoxy groups -OCH3 is 1. The summed E-state index contributed by atoms with van der Waals surface area (Å²) in [6.07, 6.45) is 0. The molecule has 0 aliphatic rings. The van der Waals surface area contributed by atoms with Crippen LogP contribution < -0.4 is 14.8 Å². The van der Waals surface area contributed by atoms with E-state index >= 15 is 0 Å². The van der Waals surface area contributed by atoms with Gasteiger partial charge in [-0.2, -0.15) is 0 Å². The van der Waals surface area contributed by atoms with Gasteiger partial charge in [-0.15, -0.1) is 0 Å². The van der Waals surface area contributed by atoms with Crippen LogP contribution in [0.25, 0.3) is 0 Å². The molecule has 4 nitrogen and oxygen atoms in total.